The molecule has 2 aromatic carbocycles. The van der Waals surface area contributed by atoms with Gasteiger partial charge in [-0.05, 0) is 43.0 Å². The van der Waals surface area contributed by atoms with Crippen molar-refractivity contribution >= 4 is 18.0 Å². The van der Waals surface area contributed by atoms with E-state index in [9.17, 15) is 14.0 Å². The second-order valence-electron chi connectivity index (χ2n) is 6.64. The Morgan fingerprint density at radius 2 is 1.85 bits per heavy atom. The number of esters is 1. The maximum atomic E-state index is 13.9. The van der Waals surface area contributed by atoms with Gasteiger partial charge in [-0.3, -0.25) is 4.79 Å². The molecule has 0 aromatic heterocycles. The first kappa shape index (κ1) is 18.8. The monoisotopic (exact) mass is 367 g/mol. The van der Waals surface area contributed by atoms with E-state index >= 15 is 0 Å². The van der Waals surface area contributed by atoms with Crippen LogP contribution in [0.2, 0.25) is 0 Å². The first-order valence-corrected chi connectivity index (χ1v) is 8.98. The van der Waals surface area contributed by atoms with E-state index in [4.69, 9.17) is 4.74 Å². The van der Waals surface area contributed by atoms with Gasteiger partial charge in [0.05, 0.1) is 0 Å². The Kier molecular flexibility index (Phi) is 6.01. The molecule has 1 amide bonds. The van der Waals surface area contributed by atoms with Crippen LogP contribution in [0.25, 0.3) is 6.08 Å². The molecule has 27 heavy (non-hydrogen) atoms. The molecule has 2 aromatic rings. The quantitative estimate of drug-likeness (QED) is 0.551. The fourth-order valence-electron chi connectivity index (χ4n) is 2.81. The van der Waals surface area contributed by atoms with Crippen LogP contribution < -0.4 is 0 Å². The topological polar surface area (TPSA) is 46.6 Å². The van der Waals surface area contributed by atoms with Crippen LogP contribution in [0.15, 0.2) is 54.6 Å². The number of hydrogen-bond donors (Lipinski definition) is 0. The number of amides is 1. The molecule has 1 aliphatic rings. The van der Waals surface area contributed by atoms with Gasteiger partial charge >= 0.3 is 5.97 Å². The highest BCUT2D eigenvalue weighted by Crippen LogP contribution is 2.29. The SMILES string of the molecule is Cc1ccccc1/C=C/C(=O)OCC(=O)N(Cc1ccccc1F)C1CC1. The van der Waals surface area contributed by atoms with Crippen molar-refractivity contribution in [3.63, 3.8) is 0 Å². The van der Waals surface area contributed by atoms with Gasteiger partial charge in [0.15, 0.2) is 6.61 Å². The van der Waals surface area contributed by atoms with E-state index < -0.39 is 5.97 Å². The highest BCUT2D eigenvalue weighted by Gasteiger charge is 2.33. The smallest absolute Gasteiger partial charge is 0.331 e. The number of hydrogen-bond acceptors (Lipinski definition) is 3. The van der Waals surface area contributed by atoms with E-state index in [1.54, 1.807) is 29.2 Å². The van der Waals surface area contributed by atoms with Crippen molar-refractivity contribution in [2.45, 2.75) is 32.4 Å². The van der Waals surface area contributed by atoms with Gasteiger partial charge in [0, 0.05) is 24.2 Å². The van der Waals surface area contributed by atoms with Gasteiger partial charge in [0.2, 0.25) is 0 Å². The van der Waals surface area contributed by atoms with Gasteiger partial charge in [-0.1, -0.05) is 42.5 Å². The van der Waals surface area contributed by atoms with Crippen LogP contribution in [0.5, 0.6) is 0 Å². The lowest BCUT2D eigenvalue weighted by molar-refractivity contribution is -0.148. The van der Waals surface area contributed by atoms with Crippen molar-refractivity contribution in [1.29, 1.82) is 0 Å². The maximum Gasteiger partial charge on any atom is 0.331 e. The number of ether oxygens (including phenoxy) is 1. The fourth-order valence-corrected chi connectivity index (χ4v) is 2.81. The highest BCUT2D eigenvalue weighted by atomic mass is 19.1. The van der Waals surface area contributed by atoms with Crippen LogP contribution >= 0.6 is 0 Å². The summed E-state index contributed by atoms with van der Waals surface area (Å²) in [6.45, 7) is 1.79. The molecule has 1 aliphatic carbocycles. The normalized spacial score (nSPS) is 13.6. The molecule has 0 N–H and O–H groups in total. The molecule has 0 spiro atoms. The van der Waals surface area contributed by atoms with Crippen LogP contribution in [0, 0.1) is 12.7 Å². The van der Waals surface area contributed by atoms with Crippen molar-refractivity contribution in [3.05, 3.63) is 77.1 Å². The third-order valence-corrected chi connectivity index (χ3v) is 4.53. The number of carbonyl (C=O) groups is 2. The Bertz CT molecular complexity index is 858. The zero-order valence-electron chi connectivity index (χ0n) is 15.2. The summed E-state index contributed by atoms with van der Waals surface area (Å²) in [6.07, 6.45) is 4.76. The zero-order chi connectivity index (χ0) is 19.2. The fraction of sp³-hybridized carbons (Fsp3) is 0.273. The van der Waals surface area contributed by atoms with Crippen LogP contribution in [-0.4, -0.2) is 29.4 Å². The molecule has 1 saturated carbocycles. The molecule has 0 aliphatic heterocycles. The summed E-state index contributed by atoms with van der Waals surface area (Å²) in [6, 6.07) is 14.1. The Labute approximate surface area is 158 Å². The van der Waals surface area contributed by atoms with Crippen LogP contribution in [0.3, 0.4) is 0 Å². The van der Waals surface area contributed by atoms with E-state index in [1.807, 2.05) is 31.2 Å². The molecule has 5 heteroatoms. The third kappa shape index (κ3) is 5.26. The number of benzene rings is 2. The van der Waals surface area contributed by atoms with Crippen molar-refractivity contribution in [2.24, 2.45) is 0 Å². The molecular formula is C22H22FNO3. The molecule has 0 bridgehead atoms. The number of rotatable bonds is 7. The summed E-state index contributed by atoms with van der Waals surface area (Å²) in [5, 5.41) is 0. The van der Waals surface area contributed by atoms with Crippen LogP contribution in [0.1, 0.15) is 29.5 Å². The average Bonchev–Trinajstić information content (AvgIpc) is 3.50. The second-order valence-corrected chi connectivity index (χ2v) is 6.64. The number of halogens is 1. The standard InChI is InChI=1S/C22H22FNO3/c1-16-6-2-3-7-17(16)10-13-22(26)27-15-21(25)24(19-11-12-19)14-18-8-4-5-9-20(18)23/h2-10,13,19H,11-12,14-15H2,1H3/b13-10+. The van der Waals surface area contributed by atoms with E-state index in [0.29, 0.717) is 5.56 Å². The summed E-state index contributed by atoms with van der Waals surface area (Å²) in [4.78, 5) is 26.0. The molecule has 0 heterocycles. The van der Waals surface area contributed by atoms with Crippen molar-refractivity contribution in [3.8, 4) is 0 Å². The molecule has 0 radical (unpaired) electrons. The summed E-state index contributed by atoms with van der Waals surface area (Å²) < 4.78 is 19.0. The summed E-state index contributed by atoms with van der Waals surface area (Å²) >= 11 is 0. The Morgan fingerprint density at radius 1 is 1.15 bits per heavy atom. The van der Waals surface area contributed by atoms with E-state index in [1.165, 1.54) is 12.1 Å². The van der Waals surface area contributed by atoms with Gasteiger partial charge in [0.25, 0.3) is 5.91 Å². The highest BCUT2D eigenvalue weighted by molar-refractivity contribution is 5.89. The van der Waals surface area contributed by atoms with Crippen molar-refractivity contribution in [1.82, 2.24) is 4.90 Å². The molecule has 0 atom stereocenters. The van der Waals surface area contributed by atoms with Crippen LogP contribution in [-0.2, 0) is 20.9 Å². The minimum Gasteiger partial charge on any atom is -0.452 e. The third-order valence-electron chi connectivity index (χ3n) is 4.53. The van der Waals surface area contributed by atoms with E-state index in [0.717, 1.165) is 24.0 Å². The van der Waals surface area contributed by atoms with Gasteiger partial charge in [-0.2, -0.15) is 0 Å². The van der Waals surface area contributed by atoms with Crippen molar-refractivity contribution in [2.75, 3.05) is 6.61 Å². The van der Waals surface area contributed by atoms with Gasteiger partial charge in [-0.15, -0.1) is 0 Å². The summed E-state index contributed by atoms with van der Waals surface area (Å²) in [5.41, 5.74) is 2.42. The molecular weight excluding hydrogens is 345 g/mol. The predicted molar refractivity (Wildman–Crippen MR) is 101 cm³/mol. The molecule has 3 rings (SSSR count). The Morgan fingerprint density at radius 3 is 2.56 bits per heavy atom. The predicted octanol–water partition coefficient (Wildman–Crippen LogP) is 3.88. The maximum absolute atomic E-state index is 13.9. The minimum absolute atomic E-state index is 0.0957. The van der Waals surface area contributed by atoms with Gasteiger partial charge in [-0.25, -0.2) is 9.18 Å². The second kappa shape index (κ2) is 8.62. The molecule has 0 unspecified atom stereocenters. The zero-order valence-corrected chi connectivity index (χ0v) is 15.2. The molecule has 1 fully saturated rings. The lowest BCUT2D eigenvalue weighted by Crippen LogP contribution is -2.36. The van der Waals surface area contributed by atoms with E-state index in [-0.39, 0.29) is 30.9 Å². The Balaban J connectivity index is 1.56. The minimum atomic E-state index is -0.576. The Hall–Kier alpha value is -2.95. The largest absolute Gasteiger partial charge is 0.452 e. The first-order valence-electron chi connectivity index (χ1n) is 8.98. The number of aryl methyl sites for hydroxylation is 1. The number of nitrogens with zero attached hydrogens (tertiary/aromatic N) is 1. The molecule has 140 valence electrons. The number of carbonyl (C=O) groups excluding carboxylic acids is 2. The summed E-state index contributed by atoms with van der Waals surface area (Å²) in [5.74, 6) is -1.22. The van der Waals surface area contributed by atoms with Crippen molar-refractivity contribution < 1.29 is 18.7 Å². The lowest BCUT2D eigenvalue weighted by atomic mass is 10.1. The van der Waals surface area contributed by atoms with E-state index in [2.05, 4.69) is 0 Å². The first-order chi connectivity index (χ1) is 13.0. The summed E-state index contributed by atoms with van der Waals surface area (Å²) in [7, 11) is 0. The van der Waals surface area contributed by atoms with Crippen LogP contribution in [0.4, 0.5) is 4.39 Å². The molecule has 4 nitrogen and oxygen atoms in total. The molecule has 0 saturated heterocycles. The average molecular weight is 367 g/mol. The lowest BCUT2D eigenvalue weighted by Gasteiger charge is -2.22. The van der Waals surface area contributed by atoms with Gasteiger partial charge in [0.1, 0.15) is 5.82 Å². The van der Waals surface area contributed by atoms with Gasteiger partial charge < -0.3 is 9.64 Å².